The molecule has 0 heterocycles. The van der Waals surface area contributed by atoms with Crippen molar-refractivity contribution < 1.29 is 5.11 Å². The van der Waals surface area contributed by atoms with Crippen molar-refractivity contribution in [3.63, 3.8) is 0 Å². The molecule has 0 aromatic carbocycles. The average Bonchev–Trinajstić information content (AvgIpc) is 3.22. The summed E-state index contributed by atoms with van der Waals surface area (Å²) in [5, 5.41) is 10.8. The summed E-state index contributed by atoms with van der Waals surface area (Å²) < 4.78 is 0. The van der Waals surface area contributed by atoms with Crippen LogP contribution in [0.1, 0.15) is 12.8 Å². The highest BCUT2D eigenvalue weighted by Crippen LogP contribution is 2.99. The summed E-state index contributed by atoms with van der Waals surface area (Å²) >= 11 is 0. The number of hydrogen-bond donors (Lipinski definition) is 1. The lowest BCUT2D eigenvalue weighted by Crippen LogP contribution is -2.40. The van der Waals surface area contributed by atoms with Crippen molar-refractivity contribution >= 4 is 0 Å². The van der Waals surface area contributed by atoms with Gasteiger partial charge in [0.15, 0.2) is 0 Å². The van der Waals surface area contributed by atoms with Crippen molar-refractivity contribution in [1.29, 1.82) is 0 Å². The Balaban J connectivity index is 1.47. The highest BCUT2D eigenvalue weighted by atomic mass is 16.3. The number of rotatable bonds is 1. The molecule has 0 aliphatic heterocycles. The monoisotopic (exact) mass is 292 g/mol. The summed E-state index contributed by atoms with van der Waals surface area (Å²) in [5.41, 5.74) is 0.477. The molecular weight excluding hydrogens is 268 g/mol. The summed E-state index contributed by atoms with van der Waals surface area (Å²) in [6, 6.07) is 0. The van der Waals surface area contributed by atoms with Gasteiger partial charge >= 0.3 is 0 Å². The van der Waals surface area contributed by atoms with Crippen LogP contribution in [0.15, 0.2) is 0 Å². The van der Waals surface area contributed by atoms with E-state index >= 15 is 0 Å². The van der Waals surface area contributed by atoms with E-state index in [2.05, 4.69) is 0 Å². The molecule has 1 nitrogen and oxygen atoms in total. The zero-order valence-electron chi connectivity index (χ0n) is 12.9. The normalized spacial score (nSPS) is 95.0. The van der Waals surface area contributed by atoms with Crippen molar-refractivity contribution in [1.82, 2.24) is 0 Å². The second-order valence-corrected chi connectivity index (χ2v) is 11.7. The molecule has 0 aromatic rings. The molecule has 22 heavy (non-hydrogen) atoms. The van der Waals surface area contributed by atoms with E-state index in [1.54, 1.807) is 12.8 Å². The molecule has 18 atom stereocenters. The maximum absolute atomic E-state index is 10.8. The summed E-state index contributed by atoms with van der Waals surface area (Å²) in [7, 11) is 0. The fraction of sp³-hybridized carbons (Fsp3) is 1.00. The molecule has 10 aliphatic carbocycles. The number of aliphatic hydroxyl groups excluding tert-OH is 1. The van der Waals surface area contributed by atoms with Gasteiger partial charge in [0.2, 0.25) is 0 Å². The fourth-order valence-corrected chi connectivity index (χ4v) is 14.8. The third kappa shape index (κ3) is 0.525. The zero-order valence-corrected chi connectivity index (χ0v) is 12.9. The minimum Gasteiger partial charge on any atom is -0.396 e. The molecule has 114 valence electrons. The highest BCUT2D eigenvalue weighted by molar-refractivity contribution is 5.42. The molecule has 0 amide bonds. The van der Waals surface area contributed by atoms with Crippen LogP contribution in [0.25, 0.3) is 0 Å². The average molecular weight is 292 g/mol. The lowest BCUT2D eigenvalue weighted by molar-refractivity contribution is 0.00217. The van der Waals surface area contributed by atoms with Crippen molar-refractivity contribution in [3.05, 3.63) is 0 Å². The van der Waals surface area contributed by atoms with Gasteiger partial charge in [0.05, 0.1) is 0 Å². The van der Waals surface area contributed by atoms with E-state index in [-0.39, 0.29) is 0 Å². The first-order valence-corrected chi connectivity index (χ1v) is 10.5. The van der Waals surface area contributed by atoms with Gasteiger partial charge in [-0.2, -0.15) is 0 Å². The Morgan fingerprint density at radius 2 is 1.09 bits per heavy atom. The smallest absolute Gasteiger partial charge is 0.0496 e. The predicted octanol–water partition coefficient (Wildman–Crippen LogP) is 2.36. The quantitative estimate of drug-likeness (QED) is 0.786. The minimum absolute atomic E-state index is 0.477. The van der Waals surface area contributed by atoms with Crippen LogP contribution in [-0.4, -0.2) is 11.7 Å². The van der Waals surface area contributed by atoms with Gasteiger partial charge in [-0.1, -0.05) is 0 Å². The Bertz CT molecular complexity index is 655. The van der Waals surface area contributed by atoms with E-state index < -0.39 is 0 Å². The molecule has 10 saturated carbocycles. The molecule has 0 spiro atoms. The maximum Gasteiger partial charge on any atom is 0.0496 e. The third-order valence-electron chi connectivity index (χ3n) is 13.2. The number of aliphatic hydroxyl groups is 1. The van der Waals surface area contributed by atoms with E-state index in [0.29, 0.717) is 12.0 Å². The third-order valence-corrected chi connectivity index (χ3v) is 13.2. The van der Waals surface area contributed by atoms with Crippen molar-refractivity contribution in [2.75, 3.05) is 6.61 Å². The summed E-state index contributed by atoms with van der Waals surface area (Å²) in [4.78, 5) is 0. The first-order chi connectivity index (χ1) is 10.9. The van der Waals surface area contributed by atoms with Gasteiger partial charge in [-0.25, -0.2) is 0 Å². The van der Waals surface area contributed by atoms with Crippen LogP contribution in [0.2, 0.25) is 0 Å². The Hall–Kier alpha value is -0.0400. The molecule has 0 radical (unpaired) electrons. The molecular formula is C21H24O. The van der Waals surface area contributed by atoms with Gasteiger partial charge in [-0.15, -0.1) is 0 Å². The van der Waals surface area contributed by atoms with Crippen LogP contribution in [0.5, 0.6) is 0 Å². The van der Waals surface area contributed by atoms with E-state index in [0.717, 1.165) is 53.3 Å². The second kappa shape index (κ2) is 2.32. The number of hydrogen-bond acceptors (Lipinski definition) is 1. The number of fused-ring (bicyclic) bond motifs is 4. The molecule has 10 fully saturated rings. The van der Waals surface area contributed by atoms with E-state index in [1.165, 1.54) is 47.3 Å². The van der Waals surface area contributed by atoms with Gasteiger partial charge in [0, 0.05) is 12.0 Å². The van der Waals surface area contributed by atoms with E-state index in [4.69, 9.17) is 0 Å². The van der Waals surface area contributed by atoms with Crippen LogP contribution in [0, 0.1) is 106 Å². The van der Waals surface area contributed by atoms with E-state index in [1.807, 2.05) is 0 Å². The van der Waals surface area contributed by atoms with Crippen LogP contribution in [-0.2, 0) is 0 Å². The minimum atomic E-state index is 0.477. The summed E-state index contributed by atoms with van der Waals surface area (Å²) in [6.45, 7) is 0.600. The second-order valence-electron chi connectivity index (χ2n) is 11.7. The lowest BCUT2D eigenvalue weighted by Gasteiger charge is -2.41. The summed E-state index contributed by atoms with van der Waals surface area (Å²) in [5.74, 6) is 19.3. The molecule has 0 saturated heterocycles. The molecule has 4 unspecified atom stereocenters. The standard InChI is InChI=1S/C21H24O/c22-3-21-18-6-1-4-8-5-2-7(18)12-10(5)15-13(8)14-9(4)11(6)19(21)16(14)17(15)20(12)21/h4-20,22H,1-3H2/t4-,5+,6-,7-,8?,9+,10-,11-,12-,13?,14+,15-,16+,17-,18?,19-,20+,21?/m1/s1. The van der Waals surface area contributed by atoms with Crippen LogP contribution < -0.4 is 0 Å². The van der Waals surface area contributed by atoms with Crippen LogP contribution >= 0.6 is 0 Å². The van der Waals surface area contributed by atoms with Crippen molar-refractivity contribution in [2.24, 2.45) is 106 Å². The maximum atomic E-state index is 10.8. The first-order valence-electron chi connectivity index (χ1n) is 10.5. The fourth-order valence-electron chi connectivity index (χ4n) is 14.8. The van der Waals surface area contributed by atoms with Crippen LogP contribution in [0.3, 0.4) is 0 Å². The van der Waals surface area contributed by atoms with Gasteiger partial charge < -0.3 is 5.11 Å². The highest BCUT2D eigenvalue weighted by Gasteiger charge is 2.95. The largest absolute Gasteiger partial charge is 0.396 e. The van der Waals surface area contributed by atoms with E-state index in [9.17, 15) is 5.11 Å². The van der Waals surface area contributed by atoms with Crippen molar-refractivity contribution in [3.8, 4) is 0 Å². The first kappa shape index (κ1) is 10.1. The Morgan fingerprint density at radius 3 is 1.64 bits per heavy atom. The lowest BCUT2D eigenvalue weighted by atomic mass is 9.64. The Kier molecular flexibility index (Phi) is 1.06. The summed E-state index contributed by atoms with van der Waals surface area (Å²) in [6.07, 6.45) is 3.28. The SMILES string of the molecule is OCC12C3[C@@H]4C[C@H]5C6C7[C@@H]8[C@@H]9[C@H]([C@@H]1[C@@H]8[C@H]1[C@@H]7[C@H]5[C@@H]4[C@@H]12)[C@H]3C[C@H]69. The van der Waals surface area contributed by atoms with Gasteiger partial charge in [-0.3, -0.25) is 0 Å². The molecule has 0 aromatic heterocycles. The van der Waals surface area contributed by atoms with Gasteiger partial charge in [0.25, 0.3) is 0 Å². The van der Waals surface area contributed by atoms with Crippen molar-refractivity contribution in [2.45, 2.75) is 12.8 Å². The molecule has 1 heteroatoms. The van der Waals surface area contributed by atoms with Gasteiger partial charge in [-0.05, 0) is 113 Å². The topological polar surface area (TPSA) is 20.2 Å². The van der Waals surface area contributed by atoms with Crippen LogP contribution in [0.4, 0.5) is 0 Å². The Labute approximate surface area is 131 Å². The molecule has 10 aliphatic rings. The molecule has 1 N–H and O–H groups in total. The predicted molar refractivity (Wildman–Crippen MR) is 78.1 cm³/mol. The zero-order chi connectivity index (χ0) is 13.4. The molecule has 0 bridgehead atoms. The molecule has 10 rings (SSSR count). The Morgan fingerprint density at radius 1 is 0.545 bits per heavy atom. The van der Waals surface area contributed by atoms with Gasteiger partial charge in [0.1, 0.15) is 0 Å².